The fraction of sp³-hybridized carbons (Fsp3) is 0.917. The van der Waals surface area contributed by atoms with Crippen LogP contribution in [-0.2, 0) is 4.74 Å². The summed E-state index contributed by atoms with van der Waals surface area (Å²) in [4.78, 5) is 11.2. The Morgan fingerprint density at radius 2 is 1.93 bits per heavy atom. The van der Waals surface area contributed by atoms with E-state index in [2.05, 4.69) is 19.2 Å². The molecule has 0 heterocycles. The Kier molecular flexibility index (Phi) is 6.37. The highest BCUT2D eigenvalue weighted by Crippen LogP contribution is 2.07. The van der Waals surface area contributed by atoms with E-state index >= 15 is 0 Å². The van der Waals surface area contributed by atoms with Crippen molar-refractivity contribution in [2.75, 3.05) is 6.54 Å². The molecule has 0 saturated carbocycles. The number of carbonyl (C=O) groups excluding carboxylic acids is 1. The smallest absolute Gasteiger partial charge is 0.407 e. The molecule has 0 unspecified atom stereocenters. The molecule has 1 amide bonds. The second kappa shape index (κ2) is 6.70. The van der Waals surface area contributed by atoms with Crippen LogP contribution in [0.5, 0.6) is 0 Å². The zero-order valence-electron chi connectivity index (χ0n) is 10.7. The first-order chi connectivity index (χ1) is 6.81. The lowest BCUT2D eigenvalue weighted by molar-refractivity contribution is 0.0527. The fourth-order valence-corrected chi connectivity index (χ4v) is 1.18. The molecule has 0 aromatic heterocycles. The molecule has 0 fully saturated rings. The summed E-state index contributed by atoms with van der Waals surface area (Å²) in [7, 11) is 0. The molecule has 0 spiro atoms. The van der Waals surface area contributed by atoms with Gasteiger partial charge in [-0.15, -0.1) is 0 Å². The van der Waals surface area contributed by atoms with Crippen LogP contribution in [0.25, 0.3) is 0 Å². The lowest BCUT2D eigenvalue weighted by Crippen LogP contribution is -2.33. The van der Waals surface area contributed by atoms with Gasteiger partial charge in [0.2, 0.25) is 0 Å². The number of alkyl carbamates (subject to hydrolysis) is 1. The molecule has 0 aromatic rings. The van der Waals surface area contributed by atoms with Crippen molar-refractivity contribution in [2.45, 2.75) is 59.5 Å². The van der Waals surface area contributed by atoms with Gasteiger partial charge in [-0.2, -0.15) is 0 Å². The lowest BCUT2D eigenvalue weighted by Gasteiger charge is -2.19. The summed E-state index contributed by atoms with van der Waals surface area (Å²) in [6, 6.07) is 0. The van der Waals surface area contributed by atoms with Crippen molar-refractivity contribution in [3.63, 3.8) is 0 Å². The number of ether oxygens (including phenoxy) is 1. The standard InChI is InChI=1S/C12H25NO2.H2/c1-10(2)8-6-7-9-13-11(14)15-12(3,4)5;/h10H,6-9H2,1-5H3,(H,13,14);1H. The molecule has 0 saturated heterocycles. The second-order valence-electron chi connectivity index (χ2n) is 5.32. The van der Waals surface area contributed by atoms with E-state index in [4.69, 9.17) is 4.74 Å². The second-order valence-corrected chi connectivity index (χ2v) is 5.32. The van der Waals surface area contributed by atoms with Gasteiger partial charge < -0.3 is 10.1 Å². The number of rotatable bonds is 5. The third-order valence-electron chi connectivity index (χ3n) is 1.88. The number of carbonyl (C=O) groups is 1. The average molecular weight is 217 g/mol. The van der Waals surface area contributed by atoms with Gasteiger partial charge >= 0.3 is 6.09 Å². The van der Waals surface area contributed by atoms with E-state index < -0.39 is 5.60 Å². The highest BCUT2D eigenvalue weighted by Gasteiger charge is 2.15. The summed E-state index contributed by atoms with van der Waals surface area (Å²) in [5.41, 5.74) is -0.401. The molecule has 0 radical (unpaired) electrons. The van der Waals surface area contributed by atoms with Crippen LogP contribution >= 0.6 is 0 Å². The third-order valence-corrected chi connectivity index (χ3v) is 1.88. The van der Waals surface area contributed by atoms with E-state index in [-0.39, 0.29) is 7.52 Å². The van der Waals surface area contributed by atoms with Crippen LogP contribution in [0, 0.1) is 5.92 Å². The summed E-state index contributed by atoms with van der Waals surface area (Å²) in [5.74, 6) is 0.742. The maximum atomic E-state index is 11.2. The van der Waals surface area contributed by atoms with Gasteiger partial charge in [0.15, 0.2) is 0 Å². The van der Waals surface area contributed by atoms with Crippen molar-refractivity contribution in [3.8, 4) is 0 Å². The number of unbranched alkanes of at least 4 members (excludes halogenated alkanes) is 1. The molecule has 3 heteroatoms. The largest absolute Gasteiger partial charge is 0.444 e. The maximum absolute atomic E-state index is 11.2. The molecule has 0 aromatic carbocycles. The molecule has 0 aliphatic heterocycles. The fourth-order valence-electron chi connectivity index (χ4n) is 1.18. The Bertz CT molecular complexity index is 188. The number of nitrogens with one attached hydrogen (secondary N) is 1. The minimum absolute atomic E-state index is 0. The topological polar surface area (TPSA) is 38.3 Å². The minimum Gasteiger partial charge on any atom is -0.444 e. The summed E-state index contributed by atoms with van der Waals surface area (Å²) in [6.45, 7) is 10.7. The zero-order valence-corrected chi connectivity index (χ0v) is 10.7. The van der Waals surface area contributed by atoms with Crippen LogP contribution in [-0.4, -0.2) is 18.2 Å². The predicted molar refractivity (Wildman–Crippen MR) is 65.0 cm³/mol. The van der Waals surface area contributed by atoms with Crippen LogP contribution in [0.2, 0.25) is 0 Å². The summed E-state index contributed by atoms with van der Waals surface area (Å²) < 4.78 is 5.12. The Morgan fingerprint density at radius 3 is 2.40 bits per heavy atom. The van der Waals surface area contributed by atoms with Crippen molar-refractivity contribution in [1.29, 1.82) is 0 Å². The van der Waals surface area contributed by atoms with Crippen molar-refractivity contribution in [1.82, 2.24) is 5.32 Å². The van der Waals surface area contributed by atoms with Crippen molar-refractivity contribution < 1.29 is 11.0 Å². The summed E-state index contributed by atoms with van der Waals surface area (Å²) in [6.07, 6.45) is 3.09. The van der Waals surface area contributed by atoms with Gasteiger partial charge in [0.25, 0.3) is 0 Å². The van der Waals surface area contributed by atoms with E-state index in [1.807, 2.05) is 20.8 Å². The van der Waals surface area contributed by atoms with Gasteiger partial charge in [-0.25, -0.2) is 4.79 Å². The summed E-state index contributed by atoms with van der Waals surface area (Å²) in [5, 5.41) is 2.75. The van der Waals surface area contributed by atoms with Gasteiger partial charge in [0.1, 0.15) is 5.60 Å². The van der Waals surface area contributed by atoms with Gasteiger partial charge in [0, 0.05) is 7.97 Å². The quantitative estimate of drug-likeness (QED) is 0.715. The maximum Gasteiger partial charge on any atom is 0.407 e. The highest BCUT2D eigenvalue weighted by atomic mass is 16.6. The Balaban J connectivity index is 0. The molecule has 15 heavy (non-hydrogen) atoms. The van der Waals surface area contributed by atoms with Crippen LogP contribution in [0.1, 0.15) is 55.3 Å². The SMILES string of the molecule is CC(C)CCCCNC(=O)OC(C)(C)C.[HH]. The Hall–Kier alpha value is -0.730. The Morgan fingerprint density at radius 1 is 1.33 bits per heavy atom. The third kappa shape index (κ3) is 11.2. The highest BCUT2D eigenvalue weighted by molar-refractivity contribution is 5.67. The van der Waals surface area contributed by atoms with Crippen LogP contribution in [0.3, 0.4) is 0 Å². The monoisotopic (exact) mass is 217 g/mol. The molecule has 0 aliphatic carbocycles. The van der Waals surface area contributed by atoms with Crippen molar-refractivity contribution >= 4 is 6.09 Å². The molecule has 0 rings (SSSR count). The minimum atomic E-state index is -0.401. The first-order valence-electron chi connectivity index (χ1n) is 5.78. The van der Waals surface area contributed by atoms with E-state index in [9.17, 15) is 4.79 Å². The normalized spacial score (nSPS) is 11.6. The van der Waals surface area contributed by atoms with Gasteiger partial charge in [-0.3, -0.25) is 0 Å². The molecule has 3 nitrogen and oxygen atoms in total. The van der Waals surface area contributed by atoms with Crippen LogP contribution in [0.4, 0.5) is 4.79 Å². The van der Waals surface area contributed by atoms with Crippen molar-refractivity contribution in [2.24, 2.45) is 5.92 Å². The van der Waals surface area contributed by atoms with Gasteiger partial charge in [-0.05, 0) is 33.1 Å². The predicted octanol–water partition coefficient (Wildman–Crippen LogP) is 3.58. The molecule has 0 aliphatic rings. The van der Waals surface area contributed by atoms with E-state index in [0.717, 1.165) is 18.8 Å². The van der Waals surface area contributed by atoms with E-state index in [1.165, 1.54) is 6.42 Å². The molecule has 0 bridgehead atoms. The first kappa shape index (κ1) is 14.3. The summed E-state index contributed by atoms with van der Waals surface area (Å²) >= 11 is 0. The van der Waals surface area contributed by atoms with Gasteiger partial charge in [-0.1, -0.05) is 26.7 Å². The average Bonchev–Trinajstić information content (AvgIpc) is 1.99. The Labute approximate surface area is 95.1 Å². The lowest BCUT2D eigenvalue weighted by atomic mass is 10.1. The number of hydrogen-bond donors (Lipinski definition) is 1. The van der Waals surface area contributed by atoms with Crippen LogP contribution < -0.4 is 5.32 Å². The number of hydrogen-bond acceptors (Lipinski definition) is 2. The molecular weight excluding hydrogens is 190 g/mol. The van der Waals surface area contributed by atoms with Crippen molar-refractivity contribution in [3.05, 3.63) is 0 Å². The van der Waals surface area contributed by atoms with E-state index in [0.29, 0.717) is 6.54 Å². The molecule has 92 valence electrons. The van der Waals surface area contributed by atoms with E-state index in [1.54, 1.807) is 0 Å². The zero-order chi connectivity index (χ0) is 11.9. The molecular formula is C12H27NO2. The molecule has 1 N–H and O–H groups in total. The van der Waals surface area contributed by atoms with Gasteiger partial charge in [0.05, 0.1) is 0 Å². The first-order valence-corrected chi connectivity index (χ1v) is 5.78. The number of amides is 1. The van der Waals surface area contributed by atoms with Crippen LogP contribution in [0.15, 0.2) is 0 Å². The molecule has 0 atom stereocenters.